The Hall–Kier alpha value is -9.88. The van der Waals surface area contributed by atoms with Crippen molar-refractivity contribution in [2.24, 2.45) is 11.8 Å². The average Bonchev–Trinajstić information content (AvgIpc) is 0.802. The number of hydrogen-bond acceptors (Lipinski definition) is 0. The van der Waals surface area contributed by atoms with E-state index < -0.39 is 0 Å². The number of hydrogen-bond donors (Lipinski definition) is 0. The minimum Gasteiger partial charge on any atom is -0.0625 e. The third kappa shape index (κ3) is 31.0. The maximum absolute atomic E-state index is 2.37. The van der Waals surface area contributed by atoms with Gasteiger partial charge in [0.05, 0.1) is 0 Å². The monoisotopic (exact) mass is 1540 g/mol. The van der Waals surface area contributed by atoms with Crippen molar-refractivity contribution in [3.05, 3.63) is 396 Å². The second-order valence-electron chi connectivity index (χ2n) is 34.6. The molecule has 0 nitrogen and oxygen atoms in total. The highest BCUT2D eigenvalue weighted by molar-refractivity contribution is 5.91. The Balaban J connectivity index is 0.000000229. The van der Waals surface area contributed by atoms with Gasteiger partial charge in [-0.05, 0) is 399 Å². The zero-order valence-electron chi connectivity index (χ0n) is 78.8. The molecular weight excluding hydrogens is 1390 g/mol. The van der Waals surface area contributed by atoms with E-state index >= 15 is 0 Å². The van der Waals surface area contributed by atoms with E-state index in [1.165, 1.54) is 247 Å². The van der Waals surface area contributed by atoms with Gasteiger partial charge in [-0.1, -0.05) is 314 Å². The van der Waals surface area contributed by atoms with Gasteiger partial charge in [0.1, 0.15) is 0 Å². The van der Waals surface area contributed by atoms with Crippen molar-refractivity contribution in [1.29, 1.82) is 0 Å². The van der Waals surface area contributed by atoms with Gasteiger partial charge < -0.3 is 0 Å². The molecule has 14 aromatic rings. The molecule has 0 heterocycles. The summed E-state index contributed by atoms with van der Waals surface area (Å²) in [5, 5.41) is 10.9. The van der Waals surface area contributed by atoms with Crippen LogP contribution in [0.3, 0.4) is 0 Å². The first-order valence-electron chi connectivity index (χ1n) is 42.7. The van der Waals surface area contributed by atoms with Crippen LogP contribution in [-0.2, 0) is 0 Å². The maximum Gasteiger partial charge on any atom is -0.0149 e. The van der Waals surface area contributed by atoms with Crippen LogP contribution in [0.25, 0.3) is 43.1 Å². The van der Waals surface area contributed by atoms with Gasteiger partial charge in [0.15, 0.2) is 0 Å². The SMILES string of the molecule is CC1CCC(C)CC1.Cc1cc(C)c(C)c(C)c1.Cc1cc(C)c(C)c(C)c1.Cc1ccc(C)c(C)c1.Cc1ccc(C)c(C)c1.Cc1ccc(C)c(C)c1C.Cc1ccc(C)cc1.Cc1ccc2c(C)c(C)ccc2c1.Cc1ccc2c(C)c(C)ccc2c1.Cc1ccc2c(C)c(C)ccc2c1C.Cc1ccc2cc(C)ccc2c1. The molecule has 0 amide bonds. The molecule has 15 rings (SSSR count). The zero-order valence-corrected chi connectivity index (χ0v) is 78.8. The van der Waals surface area contributed by atoms with E-state index in [1.54, 1.807) is 0 Å². The van der Waals surface area contributed by atoms with Gasteiger partial charge in [-0.15, -0.1) is 0 Å². The third-order valence-electron chi connectivity index (χ3n) is 24.2. The lowest BCUT2D eigenvalue weighted by Crippen LogP contribution is -2.08. The fourth-order valence-corrected chi connectivity index (χ4v) is 14.3. The highest BCUT2D eigenvalue weighted by Crippen LogP contribution is 2.30. The van der Waals surface area contributed by atoms with E-state index in [9.17, 15) is 0 Å². The molecule has 1 aliphatic carbocycles. The van der Waals surface area contributed by atoms with Crippen molar-refractivity contribution < 1.29 is 0 Å². The molecule has 14 aromatic carbocycles. The largest absolute Gasteiger partial charge is 0.0625 e. The van der Waals surface area contributed by atoms with Crippen molar-refractivity contribution >= 4 is 43.1 Å². The van der Waals surface area contributed by atoms with E-state index in [2.05, 4.69) is 454 Å². The summed E-state index contributed by atoms with van der Waals surface area (Å²) in [5.74, 6) is 2.04. The van der Waals surface area contributed by atoms with Crippen LogP contribution in [0.2, 0.25) is 0 Å². The Morgan fingerprint density at radius 2 is 0.328 bits per heavy atom. The molecule has 0 radical (unpaired) electrons. The first kappa shape index (κ1) is 96.7. The van der Waals surface area contributed by atoms with Crippen LogP contribution in [0, 0.1) is 233 Å². The Morgan fingerprint density at radius 3 is 0.612 bits per heavy atom. The summed E-state index contributed by atoms with van der Waals surface area (Å²) >= 11 is 0. The fraction of sp³-hybridized carbons (Fsp3) is 0.345. The zero-order chi connectivity index (χ0) is 86.5. The molecule has 0 atom stereocenters. The summed E-state index contributed by atoms with van der Waals surface area (Å²) < 4.78 is 0. The molecule has 0 heteroatoms. The highest BCUT2D eigenvalue weighted by atomic mass is 14.2. The first-order valence-corrected chi connectivity index (χ1v) is 42.7. The topological polar surface area (TPSA) is 0 Å². The lowest BCUT2D eigenvalue weighted by molar-refractivity contribution is 0.308. The van der Waals surface area contributed by atoms with Gasteiger partial charge in [-0.25, -0.2) is 0 Å². The van der Waals surface area contributed by atoms with Gasteiger partial charge in [0.2, 0.25) is 0 Å². The molecule has 1 aliphatic rings. The normalized spacial score (nSPS) is 12.3. The van der Waals surface area contributed by atoms with Crippen LogP contribution < -0.4 is 0 Å². The van der Waals surface area contributed by atoms with Crippen LogP contribution in [0.4, 0.5) is 0 Å². The predicted octanol–water partition coefficient (Wildman–Crippen LogP) is 34.2. The summed E-state index contributed by atoms with van der Waals surface area (Å²) in [4.78, 5) is 0. The highest BCUT2D eigenvalue weighted by Gasteiger charge is 2.13. The van der Waals surface area contributed by atoms with Crippen molar-refractivity contribution in [3.63, 3.8) is 0 Å². The first-order chi connectivity index (χ1) is 54.5. The lowest BCUT2D eigenvalue weighted by Gasteiger charge is -2.22. The van der Waals surface area contributed by atoms with E-state index in [4.69, 9.17) is 0 Å². The molecule has 0 aromatic heterocycles. The second kappa shape index (κ2) is 46.8. The Kier molecular flexibility index (Phi) is 39.0. The van der Waals surface area contributed by atoms with E-state index in [1.807, 2.05) is 0 Å². The quantitative estimate of drug-likeness (QED) is 0.142. The molecule has 0 spiro atoms. The molecule has 0 unspecified atom stereocenters. The summed E-state index contributed by atoms with van der Waals surface area (Å²) in [6, 6.07) is 78.8. The van der Waals surface area contributed by atoms with Gasteiger partial charge in [-0.2, -0.15) is 0 Å². The molecule has 0 bridgehead atoms. The van der Waals surface area contributed by atoms with Crippen molar-refractivity contribution in [2.75, 3.05) is 0 Å². The predicted molar refractivity (Wildman–Crippen MR) is 523 cm³/mol. The molecule has 1 fully saturated rings. The fourth-order valence-electron chi connectivity index (χ4n) is 14.3. The number of aryl methyl sites for hydroxylation is 28. The number of fused-ring (bicyclic) bond motifs is 4. The van der Waals surface area contributed by atoms with Crippen molar-refractivity contribution in [3.8, 4) is 0 Å². The molecule has 116 heavy (non-hydrogen) atoms. The molecule has 0 aliphatic heterocycles. The third-order valence-corrected chi connectivity index (χ3v) is 24.2. The van der Waals surface area contributed by atoms with Gasteiger partial charge in [0, 0.05) is 0 Å². The smallest absolute Gasteiger partial charge is 0.0149 e. The summed E-state index contributed by atoms with van der Waals surface area (Å²) in [6.07, 6.45) is 5.89. The van der Waals surface area contributed by atoms with Crippen LogP contribution in [0.5, 0.6) is 0 Å². The molecule has 612 valence electrons. The van der Waals surface area contributed by atoms with Crippen LogP contribution in [0.1, 0.15) is 218 Å². The minimum absolute atomic E-state index is 1.02. The van der Waals surface area contributed by atoms with Gasteiger partial charge in [0.25, 0.3) is 0 Å². The Labute approximate surface area is 707 Å². The average molecular weight is 1540 g/mol. The summed E-state index contributed by atoms with van der Waals surface area (Å²) in [5.41, 5.74) is 44.1. The van der Waals surface area contributed by atoms with Gasteiger partial charge >= 0.3 is 0 Å². The van der Waals surface area contributed by atoms with E-state index in [-0.39, 0.29) is 0 Å². The molecule has 1 saturated carbocycles. The second-order valence-corrected chi connectivity index (χ2v) is 34.6. The Morgan fingerprint density at radius 1 is 0.138 bits per heavy atom. The number of benzene rings is 14. The molecule has 0 N–H and O–H groups in total. The van der Waals surface area contributed by atoms with Gasteiger partial charge in [-0.3, -0.25) is 0 Å². The Bertz CT molecular complexity index is 5110. The van der Waals surface area contributed by atoms with Crippen molar-refractivity contribution in [1.82, 2.24) is 0 Å². The maximum atomic E-state index is 2.37. The molecular formula is C116H148. The van der Waals surface area contributed by atoms with Crippen molar-refractivity contribution in [2.45, 2.75) is 261 Å². The number of rotatable bonds is 0. The molecule has 0 saturated heterocycles. The van der Waals surface area contributed by atoms with E-state index in [0.29, 0.717) is 0 Å². The standard InChI is InChI=1S/C14H16.2C13H14.C12H12.3C10H14.2C9H12.C8H16.C8H10/c1-9-5-7-14-12(4)10(2)6-8-13(14)11(9)3;2*1-9-4-7-13-11(3)10(2)5-6-12(13)8-9;1-9-3-5-12-8-10(2)4-6-11(12)7-9;2*1-7-5-8(2)10(4)9(3)6-7;1-7-5-6-8(2)10(4)9(7)3;2*1-7-4-5-8(2)9(3)6-7;2*1-7-3-5-8(2)6-4-7/h5-8H,1-4H3;2*4-8H,1-3H3;3-8H,1-2H3;3*5-6H,1-4H3;2*4-6H,1-3H3;7-8H,3-6H2,1-2H3;3-6H,1-2H3. The lowest BCUT2D eigenvalue weighted by atomic mass is 9.84. The van der Waals surface area contributed by atoms with E-state index in [0.717, 1.165) is 11.8 Å². The van der Waals surface area contributed by atoms with Crippen LogP contribution >= 0.6 is 0 Å². The summed E-state index contributed by atoms with van der Waals surface area (Å²) in [7, 11) is 0. The van der Waals surface area contributed by atoms with Crippen LogP contribution in [0.15, 0.2) is 218 Å². The minimum atomic E-state index is 1.02. The van der Waals surface area contributed by atoms with Crippen LogP contribution in [-0.4, -0.2) is 0 Å². The summed E-state index contributed by atoms with van der Waals surface area (Å²) in [6.45, 7) is 73.6.